The van der Waals surface area contributed by atoms with E-state index in [0.717, 1.165) is 13.0 Å². The third-order valence-corrected chi connectivity index (χ3v) is 4.18. The van der Waals surface area contributed by atoms with Crippen molar-refractivity contribution in [3.05, 3.63) is 35.9 Å². The minimum Gasteiger partial charge on any atom is -0.468 e. The molecule has 1 heterocycles. The molecular formula is C15H22N4O2. The lowest BCUT2D eigenvalue weighted by molar-refractivity contribution is -0.148. The number of rotatable bonds is 5. The molecule has 2 N–H and O–H groups in total. The van der Waals surface area contributed by atoms with Gasteiger partial charge in [-0.2, -0.15) is 5.11 Å². The van der Waals surface area contributed by atoms with Gasteiger partial charge in [0, 0.05) is 18.5 Å². The monoisotopic (exact) mass is 290 g/mol. The highest BCUT2D eigenvalue weighted by atomic mass is 16.5. The van der Waals surface area contributed by atoms with Gasteiger partial charge in [-0.3, -0.25) is 9.69 Å². The largest absolute Gasteiger partial charge is 0.468 e. The van der Waals surface area contributed by atoms with Gasteiger partial charge >= 0.3 is 5.97 Å². The smallest absolute Gasteiger partial charge is 0.323 e. The summed E-state index contributed by atoms with van der Waals surface area (Å²) in [5.74, 6) is 4.95. The first kappa shape index (κ1) is 15.4. The normalized spacial score (nSPS) is 24.3. The van der Waals surface area contributed by atoms with Crippen molar-refractivity contribution in [2.75, 3.05) is 20.2 Å². The fourth-order valence-corrected chi connectivity index (χ4v) is 3.03. The maximum atomic E-state index is 12.2. The van der Waals surface area contributed by atoms with Gasteiger partial charge in [-0.25, -0.2) is 0 Å². The molecule has 0 aliphatic carbocycles. The number of likely N-dealkylation sites (tertiary alicyclic amines) is 1. The van der Waals surface area contributed by atoms with E-state index in [4.69, 9.17) is 10.6 Å². The maximum Gasteiger partial charge on any atom is 0.323 e. The number of esters is 1. The van der Waals surface area contributed by atoms with Gasteiger partial charge in [-0.05, 0) is 18.9 Å². The van der Waals surface area contributed by atoms with Crippen molar-refractivity contribution >= 4 is 5.97 Å². The molecule has 0 amide bonds. The number of benzene rings is 1. The molecule has 0 radical (unpaired) electrons. The van der Waals surface area contributed by atoms with Gasteiger partial charge in [0.15, 0.2) is 0 Å². The van der Waals surface area contributed by atoms with Crippen LogP contribution >= 0.6 is 0 Å². The van der Waals surface area contributed by atoms with E-state index in [1.165, 1.54) is 12.7 Å². The summed E-state index contributed by atoms with van der Waals surface area (Å²) in [5.41, 5.74) is 1.19. The number of nitrogens with zero attached hydrogens (tertiary/aromatic N) is 3. The van der Waals surface area contributed by atoms with E-state index in [0.29, 0.717) is 6.54 Å². The Balaban J connectivity index is 2.19. The molecule has 6 nitrogen and oxygen atoms in total. The summed E-state index contributed by atoms with van der Waals surface area (Å²) in [5, 5.41) is 7.16. The highest BCUT2D eigenvalue weighted by Gasteiger charge is 2.42. The van der Waals surface area contributed by atoms with E-state index < -0.39 is 0 Å². The lowest BCUT2D eigenvalue weighted by Crippen LogP contribution is -2.42. The number of carbonyl (C=O) groups excluding carboxylic acids is 1. The van der Waals surface area contributed by atoms with Crippen LogP contribution in [-0.2, 0) is 9.53 Å². The van der Waals surface area contributed by atoms with Gasteiger partial charge in [-0.1, -0.05) is 35.6 Å². The van der Waals surface area contributed by atoms with Crippen molar-refractivity contribution in [2.45, 2.75) is 25.4 Å². The number of methoxy groups -OCH3 is 1. The molecule has 0 aromatic heterocycles. The second-order valence-electron chi connectivity index (χ2n) is 5.28. The van der Waals surface area contributed by atoms with Gasteiger partial charge in [0.1, 0.15) is 6.04 Å². The summed E-state index contributed by atoms with van der Waals surface area (Å²) in [4.78, 5) is 14.3. The molecule has 0 saturated carbocycles. The second kappa shape index (κ2) is 7.17. The van der Waals surface area contributed by atoms with Crippen molar-refractivity contribution in [3.8, 4) is 0 Å². The highest BCUT2D eigenvalue weighted by Crippen LogP contribution is 2.33. The quantitative estimate of drug-likeness (QED) is 0.389. The van der Waals surface area contributed by atoms with Gasteiger partial charge in [0.2, 0.25) is 0 Å². The molecule has 2 rings (SSSR count). The van der Waals surface area contributed by atoms with Crippen LogP contribution in [0.5, 0.6) is 0 Å². The van der Waals surface area contributed by atoms with Crippen LogP contribution in [0.25, 0.3) is 0 Å². The first-order valence-electron chi connectivity index (χ1n) is 7.14. The van der Waals surface area contributed by atoms with Gasteiger partial charge in [0.25, 0.3) is 0 Å². The average Bonchev–Trinajstić information content (AvgIpc) is 2.96. The van der Waals surface area contributed by atoms with Crippen molar-refractivity contribution in [1.29, 1.82) is 0 Å². The third kappa shape index (κ3) is 3.39. The Hall–Kier alpha value is -1.95. The predicted molar refractivity (Wildman–Crippen MR) is 79.4 cm³/mol. The number of hydrogen-bond acceptors (Lipinski definition) is 5. The Morgan fingerprint density at radius 2 is 2.19 bits per heavy atom. The van der Waals surface area contributed by atoms with E-state index in [2.05, 4.69) is 34.3 Å². The molecule has 0 spiro atoms. The molecule has 1 saturated heterocycles. The summed E-state index contributed by atoms with van der Waals surface area (Å²) >= 11 is 0. The first-order chi connectivity index (χ1) is 10.2. The molecular weight excluding hydrogens is 268 g/mol. The third-order valence-electron chi connectivity index (χ3n) is 4.18. The molecule has 1 fully saturated rings. The number of ether oxygens (including phenoxy) is 1. The molecule has 1 aromatic carbocycles. The summed E-state index contributed by atoms with van der Waals surface area (Å²) in [6.45, 7) is 3.40. The van der Waals surface area contributed by atoms with Crippen LogP contribution < -0.4 is 5.84 Å². The summed E-state index contributed by atoms with van der Waals surface area (Å²) in [6.07, 6.45) is 0.885. The van der Waals surface area contributed by atoms with Gasteiger partial charge in [0.05, 0.1) is 13.7 Å². The topological polar surface area (TPSA) is 80.3 Å². The second-order valence-corrected chi connectivity index (χ2v) is 5.28. The molecule has 1 aliphatic heterocycles. The number of nitrogens with two attached hydrogens (primary N) is 1. The van der Waals surface area contributed by atoms with Crippen LogP contribution in [0.4, 0.5) is 0 Å². The van der Waals surface area contributed by atoms with Crippen molar-refractivity contribution < 1.29 is 9.53 Å². The predicted octanol–water partition coefficient (Wildman–Crippen LogP) is 1.94. The fourth-order valence-electron chi connectivity index (χ4n) is 3.03. The van der Waals surface area contributed by atoms with E-state index in [1.54, 1.807) is 0 Å². The van der Waals surface area contributed by atoms with E-state index in [-0.39, 0.29) is 24.0 Å². The number of carbonyl (C=O) groups is 1. The SMILES string of the molecule is COC(=O)[C@@H]1[C@H](CN=NN)CCN1[C@@H](C)c1ccccc1. The molecule has 0 unspecified atom stereocenters. The van der Waals surface area contributed by atoms with Crippen LogP contribution in [0, 0.1) is 5.92 Å². The van der Waals surface area contributed by atoms with Gasteiger partial charge < -0.3 is 10.6 Å². The summed E-state index contributed by atoms with van der Waals surface area (Å²) in [7, 11) is 1.42. The zero-order valence-corrected chi connectivity index (χ0v) is 12.5. The standard InChI is InChI=1S/C15H22N4O2/c1-11(12-6-4-3-5-7-12)19-9-8-13(10-17-18-16)14(19)15(20)21-2/h3-7,11,13-14H,8-10H2,1-2H3,(H2,16,17)/t11-,13-,14-/m0/s1. The Morgan fingerprint density at radius 3 is 2.81 bits per heavy atom. The Bertz CT molecular complexity index is 492. The molecule has 0 bridgehead atoms. The fraction of sp³-hybridized carbons (Fsp3) is 0.533. The Labute approximate surface area is 125 Å². The van der Waals surface area contributed by atoms with Crippen LogP contribution in [-0.4, -0.2) is 37.1 Å². The van der Waals surface area contributed by atoms with Crippen molar-refractivity contribution in [3.63, 3.8) is 0 Å². The van der Waals surface area contributed by atoms with E-state index >= 15 is 0 Å². The molecule has 1 aromatic rings. The average molecular weight is 290 g/mol. The zero-order chi connectivity index (χ0) is 15.2. The molecule has 3 atom stereocenters. The highest BCUT2D eigenvalue weighted by molar-refractivity contribution is 5.76. The minimum absolute atomic E-state index is 0.0934. The Kier molecular flexibility index (Phi) is 5.27. The van der Waals surface area contributed by atoms with Crippen molar-refractivity contribution in [2.24, 2.45) is 22.1 Å². The zero-order valence-electron chi connectivity index (χ0n) is 12.5. The van der Waals surface area contributed by atoms with Gasteiger partial charge in [-0.15, -0.1) is 0 Å². The lowest BCUT2D eigenvalue weighted by Gasteiger charge is -2.31. The van der Waals surface area contributed by atoms with E-state index in [1.807, 2.05) is 18.2 Å². The van der Waals surface area contributed by atoms with E-state index in [9.17, 15) is 4.79 Å². The minimum atomic E-state index is -0.296. The molecule has 114 valence electrons. The molecule has 1 aliphatic rings. The van der Waals surface area contributed by atoms with Crippen LogP contribution in [0.15, 0.2) is 40.7 Å². The van der Waals surface area contributed by atoms with Crippen molar-refractivity contribution in [1.82, 2.24) is 4.90 Å². The lowest BCUT2D eigenvalue weighted by atomic mass is 9.99. The first-order valence-corrected chi connectivity index (χ1v) is 7.14. The summed E-state index contributed by atoms with van der Waals surface area (Å²) in [6, 6.07) is 10.0. The maximum absolute atomic E-state index is 12.2. The molecule has 21 heavy (non-hydrogen) atoms. The van der Waals surface area contributed by atoms with Crippen LogP contribution in [0.3, 0.4) is 0 Å². The Morgan fingerprint density at radius 1 is 1.48 bits per heavy atom. The number of hydrogen-bond donors (Lipinski definition) is 1. The molecule has 6 heteroatoms. The summed E-state index contributed by atoms with van der Waals surface area (Å²) < 4.78 is 4.98. The van der Waals surface area contributed by atoms with Crippen LogP contribution in [0.2, 0.25) is 0 Å². The van der Waals surface area contributed by atoms with Crippen LogP contribution in [0.1, 0.15) is 24.9 Å².